The van der Waals surface area contributed by atoms with E-state index in [4.69, 9.17) is 4.74 Å². The van der Waals surface area contributed by atoms with E-state index in [1.54, 1.807) is 7.11 Å². The Balaban J connectivity index is 2.57. The molecule has 4 nitrogen and oxygen atoms in total. The molecule has 0 spiro atoms. The molecule has 1 unspecified atom stereocenters. The normalized spacial score (nSPS) is 12.8. The quantitative estimate of drug-likeness (QED) is 0.748. The van der Waals surface area contributed by atoms with Gasteiger partial charge in [0.25, 0.3) is 0 Å². The van der Waals surface area contributed by atoms with Crippen LogP contribution in [0.25, 0.3) is 0 Å². The average molecular weight is 196 g/mol. The highest BCUT2D eigenvalue weighted by molar-refractivity contribution is 5.08. The third kappa shape index (κ3) is 3.40. The maximum Gasteiger partial charge on any atom is 0.115 e. The number of rotatable bonds is 5. The molecule has 78 valence electrons. The van der Waals surface area contributed by atoms with Crippen molar-refractivity contribution in [1.29, 1.82) is 0 Å². The third-order valence-corrected chi connectivity index (χ3v) is 1.95. The number of nitrogens with zero attached hydrogens (tertiary/aromatic N) is 2. The second-order valence-corrected chi connectivity index (χ2v) is 3.17. The summed E-state index contributed by atoms with van der Waals surface area (Å²) in [6.45, 7) is 2.38. The van der Waals surface area contributed by atoms with E-state index in [1.165, 1.54) is 6.33 Å². The van der Waals surface area contributed by atoms with Crippen molar-refractivity contribution in [1.82, 2.24) is 9.97 Å². The first-order valence-electron chi connectivity index (χ1n) is 4.73. The molecular formula is C10H16N2O2. The highest BCUT2D eigenvalue weighted by Gasteiger charge is 2.06. The van der Waals surface area contributed by atoms with Gasteiger partial charge in [0.2, 0.25) is 0 Å². The fourth-order valence-electron chi connectivity index (χ4n) is 1.24. The van der Waals surface area contributed by atoms with Gasteiger partial charge in [-0.1, -0.05) is 6.92 Å². The zero-order valence-corrected chi connectivity index (χ0v) is 8.60. The fourth-order valence-corrected chi connectivity index (χ4v) is 1.24. The summed E-state index contributed by atoms with van der Waals surface area (Å²) >= 11 is 0. The fraction of sp³-hybridized carbons (Fsp3) is 0.600. The molecule has 0 fully saturated rings. The van der Waals surface area contributed by atoms with E-state index >= 15 is 0 Å². The van der Waals surface area contributed by atoms with Crippen molar-refractivity contribution in [3.05, 3.63) is 23.8 Å². The lowest BCUT2D eigenvalue weighted by molar-refractivity contribution is 0.0644. The van der Waals surface area contributed by atoms with Crippen molar-refractivity contribution in [2.24, 2.45) is 0 Å². The molecule has 0 amide bonds. The lowest BCUT2D eigenvalue weighted by Crippen LogP contribution is -2.17. The molecule has 14 heavy (non-hydrogen) atoms. The van der Waals surface area contributed by atoms with E-state index in [0.717, 1.165) is 17.8 Å². The maximum absolute atomic E-state index is 9.48. The van der Waals surface area contributed by atoms with Crippen LogP contribution in [-0.2, 0) is 17.6 Å². The minimum atomic E-state index is -0.486. The molecular weight excluding hydrogens is 180 g/mol. The van der Waals surface area contributed by atoms with Gasteiger partial charge in [-0.15, -0.1) is 0 Å². The molecule has 0 aliphatic heterocycles. The van der Waals surface area contributed by atoms with E-state index in [1.807, 2.05) is 13.0 Å². The van der Waals surface area contributed by atoms with Crippen LogP contribution < -0.4 is 0 Å². The van der Waals surface area contributed by atoms with Gasteiger partial charge in [0.05, 0.1) is 12.7 Å². The molecule has 0 radical (unpaired) electrons. The average Bonchev–Trinajstić information content (AvgIpc) is 2.18. The number of methoxy groups -OCH3 is 1. The first-order chi connectivity index (χ1) is 6.76. The Morgan fingerprint density at radius 1 is 1.43 bits per heavy atom. The van der Waals surface area contributed by atoms with Gasteiger partial charge in [-0.2, -0.15) is 0 Å². The van der Waals surface area contributed by atoms with Gasteiger partial charge in [0.1, 0.15) is 6.33 Å². The van der Waals surface area contributed by atoms with Crippen LogP contribution in [0.15, 0.2) is 12.4 Å². The van der Waals surface area contributed by atoms with Crippen LogP contribution in [0.4, 0.5) is 0 Å². The van der Waals surface area contributed by atoms with E-state index in [-0.39, 0.29) is 0 Å². The van der Waals surface area contributed by atoms with E-state index in [9.17, 15) is 5.11 Å². The Hall–Kier alpha value is -1.00. The lowest BCUT2D eigenvalue weighted by Gasteiger charge is -2.08. The van der Waals surface area contributed by atoms with Gasteiger partial charge < -0.3 is 9.84 Å². The van der Waals surface area contributed by atoms with Crippen LogP contribution in [0, 0.1) is 0 Å². The third-order valence-electron chi connectivity index (χ3n) is 1.95. The summed E-state index contributed by atoms with van der Waals surface area (Å²) in [7, 11) is 1.57. The Labute approximate surface area is 84.0 Å². The van der Waals surface area contributed by atoms with Crippen LogP contribution in [0.3, 0.4) is 0 Å². The second-order valence-electron chi connectivity index (χ2n) is 3.17. The Kier molecular flexibility index (Phi) is 4.49. The number of aliphatic hydroxyl groups excluding tert-OH is 1. The Morgan fingerprint density at radius 3 is 2.79 bits per heavy atom. The Bertz CT molecular complexity index is 279. The molecule has 0 aliphatic rings. The number of aromatic nitrogens is 2. The summed E-state index contributed by atoms with van der Waals surface area (Å²) in [5, 5.41) is 9.48. The largest absolute Gasteiger partial charge is 0.390 e. The van der Waals surface area contributed by atoms with Gasteiger partial charge in [-0.25, -0.2) is 9.97 Å². The predicted molar refractivity (Wildman–Crippen MR) is 53.0 cm³/mol. The van der Waals surface area contributed by atoms with Crippen LogP contribution in [0.1, 0.15) is 18.3 Å². The number of hydrogen-bond donors (Lipinski definition) is 1. The maximum atomic E-state index is 9.48. The lowest BCUT2D eigenvalue weighted by atomic mass is 10.2. The molecule has 1 heterocycles. The molecule has 1 aromatic heterocycles. The molecule has 1 aromatic rings. The van der Waals surface area contributed by atoms with Crippen molar-refractivity contribution < 1.29 is 9.84 Å². The summed E-state index contributed by atoms with van der Waals surface area (Å²) in [6, 6.07) is 1.92. The molecule has 1 atom stereocenters. The highest BCUT2D eigenvalue weighted by atomic mass is 16.5. The molecule has 0 bridgehead atoms. The zero-order valence-electron chi connectivity index (χ0n) is 8.60. The first kappa shape index (κ1) is 11.1. The minimum absolute atomic E-state index is 0.339. The monoisotopic (exact) mass is 196 g/mol. The number of aliphatic hydroxyl groups is 1. The highest BCUT2D eigenvalue weighted by Crippen LogP contribution is 2.02. The molecule has 0 saturated heterocycles. The van der Waals surface area contributed by atoms with E-state index < -0.39 is 6.10 Å². The molecule has 0 aliphatic carbocycles. The van der Waals surface area contributed by atoms with E-state index in [0.29, 0.717) is 13.0 Å². The zero-order chi connectivity index (χ0) is 10.4. The number of hydrogen-bond acceptors (Lipinski definition) is 4. The van der Waals surface area contributed by atoms with Crippen molar-refractivity contribution in [3.8, 4) is 0 Å². The van der Waals surface area contributed by atoms with Crippen LogP contribution in [0.2, 0.25) is 0 Å². The first-order valence-corrected chi connectivity index (χ1v) is 4.73. The van der Waals surface area contributed by atoms with Crippen molar-refractivity contribution in [2.45, 2.75) is 25.9 Å². The van der Waals surface area contributed by atoms with Gasteiger partial charge in [-0.3, -0.25) is 0 Å². The molecule has 0 aromatic carbocycles. The van der Waals surface area contributed by atoms with Crippen LogP contribution in [0.5, 0.6) is 0 Å². The van der Waals surface area contributed by atoms with Crippen molar-refractivity contribution in [3.63, 3.8) is 0 Å². The molecule has 4 heteroatoms. The summed E-state index contributed by atoms with van der Waals surface area (Å²) < 4.78 is 4.84. The topological polar surface area (TPSA) is 55.2 Å². The van der Waals surface area contributed by atoms with Crippen molar-refractivity contribution >= 4 is 0 Å². The summed E-state index contributed by atoms with van der Waals surface area (Å²) in [6.07, 6.45) is 2.45. The molecule has 1 rings (SSSR count). The molecule has 1 N–H and O–H groups in total. The van der Waals surface area contributed by atoms with Gasteiger partial charge >= 0.3 is 0 Å². The van der Waals surface area contributed by atoms with Gasteiger partial charge in [0.15, 0.2) is 0 Å². The second kappa shape index (κ2) is 5.67. The smallest absolute Gasteiger partial charge is 0.115 e. The van der Waals surface area contributed by atoms with Gasteiger partial charge in [-0.05, 0) is 12.5 Å². The van der Waals surface area contributed by atoms with Gasteiger partial charge in [0, 0.05) is 24.9 Å². The standard InChI is InChI=1S/C10H16N2O2/c1-3-8-4-9(12-7-11-8)5-10(13)6-14-2/h4,7,10,13H,3,5-6H2,1-2H3. The van der Waals surface area contributed by atoms with Crippen LogP contribution >= 0.6 is 0 Å². The van der Waals surface area contributed by atoms with Crippen LogP contribution in [-0.4, -0.2) is 34.9 Å². The summed E-state index contributed by atoms with van der Waals surface area (Å²) in [5.41, 5.74) is 1.86. The number of aryl methyl sites for hydroxylation is 1. The summed E-state index contributed by atoms with van der Waals surface area (Å²) in [5.74, 6) is 0. The number of ether oxygens (including phenoxy) is 1. The molecule has 0 saturated carbocycles. The van der Waals surface area contributed by atoms with E-state index in [2.05, 4.69) is 9.97 Å². The Morgan fingerprint density at radius 2 is 2.14 bits per heavy atom. The van der Waals surface area contributed by atoms with Crippen molar-refractivity contribution in [2.75, 3.05) is 13.7 Å². The minimum Gasteiger partial charge on any atom is -0.390 e. The SMILES string of the molecule is CCc1cc(CC(O)COC)ncn1. The predicted octanol–water partition coefficient (Wildman–Crippen LogP) is 0.589. The summed E-state index contributed by atoms with van der Waals surface area (Å²) in [4.78, 5) is 8.17.